The molecule has 82 valence electrons. The van der Waals surface area contributed by atoms with Gasteiger partial charge < -0.3 is 10.2 Å². The lowest BCUT2D eigenvalue weighted by atomic mass is 9.96. The number of alkyl halides is 2. The van der Waals surface area contributed by atoms with E-state index in [4.69, 9.17) is 10.2 Å². The van der Waals surface area contributed by atoms with Crippen LogP contribution in [0.2, 0.25) is 0 Å². The lowest BCUT2D eigenvalue weighted by Gasteiger charge is -2.13. The van der Waals surface area contributed by atoms with Gasteiger partial charge in [0.25, 0.3) is 0 Å². The van der Waals surface area contributed by atoms with Gasteiger partial charge in [-0.2, -0.15) is 0 Å². The maximum Gasteiger partial charge on any atom is 0.304 e. The van der Waals surface area contributed by atoms with E-state index in [2.05, 4.69) is 0 Å². The lowest BCUT2D eigenvalue weighted by molar-refractivity contribution is -0.138. The van der Waals surface area contributed by atoms with Gasteiger partial charge in [0.15, 0.2) is 0 Å². The molecule has 1 rings (SSSR count). The van der Waals surface area contributed by atoms with Gasteiger partial charge in [0.1, 0.15) is 5.75 Å². The van der Waals surface area contributed by atoms with Gasteiger partial charge >= 0.3 is 5.97 Å². The number of aliphatic carboxylic acids is 1. The first-order chi connectivity index (χ1) is 7.00. The summed E-state index contributed by atoms with van der Waals surface area (Å²) in [6, 6.07) is 5.11. The molecule has 0 bridgehead atoms. The molecular weight excluding hydrogens is 206 g/mol. The van der Waals surface area contributed by atoms with Crippen LogP contribution < -0.4 is 0 Å². The number of benzene rings is 1. The number of carboxylic acids is 1. The number of hydrogen-bond donors (Lipinski definition) is 2. The second-order valence-electron chi connectivity index (χ2n) is 3.13. The Labute approximate surface area is 85.0 Å². The van der Waals surface area contributed by atoms with E-state index in [9.17, 15) is 13.6 Å². The molecule has 0 aliphatic heterocycles. The number of rotatable bonds is 4. The Balaban J connectivity index is 2.88. The summed E-state index contributed by atoms with van der Waals surface area (Å²) >= 11 is 0. The Morgan fingerprint density at radius 2 is 1.80 bits per heavy atom. The molecule has 3 nitrogen and oxygen atoms in total. The van der Waals surface area contributed by atoms with Gasteiger partial charge in [-0.15, -0.1) is 0 Å². The van der Waals surface area contributed by atoms with Gasteiger partial charge in [0, 0.05) is 0 Å². The first-order valence-electron chi connectivity index (χ1n) is 4.29. The van der Waals surface area contributed by atoms with Gasteiger partial charge in [-0.3, -0.25) is 4.79 Å². The highest BCUT2D eigenvalue weighted by atomic mass is 19.3. The van der Waals surface area contributed by atoms with Crippen molar-refractivity contribution in [2.24, 2.45) is 0 Å². The average molecular weight is 216 g/mol. The Morgan fingerprint density at radius 1 is 1.27 bits per heavy atom. The molecule has 1 atom stereocenters. The van der Waals surface area contributed by atoms with Crippen molar-refractivity contribution in [2.45, 2.75) is 18.8 Å². The molecule has 0 aromatic heterocycles. The van der Waals surface area contributed by atoms with Gasteiger partial charge in [0.2, 0.25) is 6.43 Å². The van der Waals surface area contributed by atoms with Gasteiger partial charge in [0.05, 0.1) is 12.3 Å². The third kappa shape index (κ3) is 3.19. The fraction of sp³-hybridized carbons (Fsp3) is 0.300. The summed E-state index contributed by atoms with van der Waals surface area (Å²) in [6.07, 6.45) is -3.35. The predicted molar refractivity (Wildman–Crippen MR) is 49.1 cm³/mol. The zero-order valence-electron chi connectivity index (χ0n) is 7.73. The van der Waals surface area contributed by atoms with E-state index in [0.717, 1.165) is 0 Å². The molecule has 0 heterocycles. The highest BCUT2D eigenvalue weighted by molar-refractivity contribution is 5.68. The second kappa shape index (κ2) is 4.72. The summed E-state index contributed by atoms with van der Waals surface area (Å²) in [5.41, 5.74) is 0.213. The SMILES string of the molecule is O=C(O)CC(c1ccc(O)cc1)C(F)F. The molecule has 1 unspecified atom stereocenters. The molecule has 5 heteroatoms. The lowest BCUT2D eigenvalue weighted by Crippen LogP contribution is -2.13. The standard InChI is InChI=1S/C10H10F2O3/c11-10(12)8(5-9(14)15)6-1-3-7(13)4-2-6/h1-4,8,10,13H,5H2,(H,14,15). The van der Waals surface area contributed by atoms with Crippen LogP contribution in [0.4, 0.5) is 8.78 Å². The van der Waals surface area contributed by atoms with E-state index in [0.29, 0.717) is 0 Å². The molecule has 1 aromatic carbocycles. The molecule has 0 radical (unpaired) electrons. The Morgan fingerprint density at radius 3 is 2.20 bits per heavy atom. The first kappa shape index (κ1) is 11.4. The molecule has 0 spiro atoms. The van der Waals surface area contributed by atoms with Crippen LogP contribution in [0, 0.1) is 0 Å². The number of carboxylic acid groups (broad SMARTS) is 1. The Bertz CT molecular complexity index is 335. The quantitative estimate of drug-likeness (QED) is 0.811. The molecule has 0 aliphatic rings. The van der Waals surface area contributed by atoms with Crippen LogP contribution >= 0.6 is 0 Å². The third-order valence-electron chi connectivity index (χ3n) is 2.02. The number of halogens is 2. The van der Waals surface area contributed by atoms with Gasteiger partial charge in [-0.05, 0) is 17.7 Å². The Hall–Kier alpha value is -1.65. The molecule has 2 N–H and O–H groups in total. The fourth-order valence-electron chi connectivity index (χ4n) is 1.26. The summed E-state index contributed by atoms with van der Waals surface area (Å²) in [4.78, 5) is 10.4. The minimum atomic E-state index is -2.73. The monoisotopic (exact) mass is 216 g/mol. The minimum Gasteiger partial charge on any atom is -0.508 e. The summed E-state index contributed by atoms with van der Waals surface area (Å²) < 4.78 is 25.0. The van der Waals surface area contributed by atoms with Crippen molar-refractivity contribution in [2.75, 3.05) is 0 Å². The minimum absolute atomic E-state index is 0.0397. The molecule has 0 saturated heterocycles. The molecule has 1 aromatic rings. The van der Waals surface area contributed by atoms with Crippen LogP contribution in [0.3, 0.4) is 0 Å². The summed E-state index contributed by atoms with van der Waals surface area (Å²) in [5.74, 6) is -2.64. The van der Waals surface area contributed by atoms with E-state index in [-0.39, 0.29) is 11.3 Å². The molecular formula is C10H10F2O3. The van der Waals surface area contributed by atoms with Crippen LogP contribution in [-0.2, 0) is 4.79 Å². The van der Waals surface area contributed by atoms with Crippen molar-refractivity contribution in [3.8, 4) is 5.75 Å². The van der Waals surface area contributed by atoms with E-state index < -0.39 is 24.7 Å². The number of hydrogen-bond acceptors (Lipinski definition) is 2. The van der Waals surface area contributed by atoms with Crippen molar-refractivity contribution in [3.05, 3.63) is 29.8 Å². The highest BCUT2D eigenvalue weighted by Crippen LogP contribution is 2.27. The molecule has 0 aliphatic carbocycles. The maximum absolute atomic E-state index is 12.5. The van der Waals surface area contributed by atoms with Crippen molar-refractivity contribution >= 4 is 5.97 Å². The summed E-state index contributed by atoms with van der Waals surface area (Å²) in [5, 5.41) is 17.4. The van der Waals surface area contributed by atoms with Crippen molar-refractivity contribution in [1.82, 2.24) is 0 Å². The van der Waals surface area contributed by atoms with E-state index in [1.165, 1.54) is 24.3 Å². The van der Waals surface area contributed by atoms with E-state index >= 15 is 0 Å². The van der Waals surface area contributed by atoms with E-state index in [1.807, 2.05) is 0 Å². The largest absolute Gasteiger partial charge is 0.508 e. The normalized spacial score (nSPS) is 12.7. The van der Waals surface area contributed by atoms with E-state index in [1.54, 1.807) is 0 Å². The van der Waals surface area contributed by atoms with Crippen LogP contribution in [-0.4, -0.2) is 22.6 Å². The fourth-order valence-corrected chi connectivity index (χ4v) is 1.26. The number of phenols is 1. The van der Waals surface area contributed by atoms with Gasteiger partial charge in [-0.1, -0.05) is 12.1 Å². The molecule has 0 fully saturated rings. The molecule has 0 saturated carbocycles. The first-order valence-corrected chi connectivity index (χ1v) is 4.29. The van der Waals surface area contributed by atoms with Crippen LogP contribution in [0.1, 0.15) is 17.9 Å². The average Bonchev–Trinajstić information content (AvgIpc) is 2.15. The zero-order valence-corrected chi connectivity index (χ0v) is 7.73. The van der Waals surface area contributed by atoms with Crippen molar-refractivity contribution in [1.29, 1.82) is 0 Å². The van der Waals surface area contributed by atoms with Crippen LogP contribution in [0.5, 0.6) is 5.75 Å². The van der Waals surface area contributed by atoms with Crippen molar-refractivity contribution in [3.63, 3.8) is 0 Å². The zero-order chi connectivity index (χ0) is 11.4. The molecule has 0 amide bonds. The highest BCUT2D eigenvalue weighted by Gasteiger charge is 2.25. The summed E-state index contributed by atoms with van der Waals surface area (Å²) in [6.45, 7) is 0. The number of carbonyl (C=O) groups is 1. The maximum atomic E-state index is 12.5. The summed E-state index contributed by atoms with van der Waals surface area (Å²) in [7, 11) is 0. The Kier molecular flexibility index (Phi) is 3.60. The van der Waals surface area contributed by atoms with Crippen LogP contribution in [0.15, 0.2) is 24.3 Å². The van der Waals surface area contributed by atoms with Gasteiger partial charge in [-0.25, -0.2) is 8.78 Å². The van der Waals surface area contributed by atoms with Crippen molar-refractivity contribution < 1.29 is 23.8 Å². The smallest absolute Gasteiger partial charge is 0.304 e. The third-order valence-corrected chi connectivity index (χ3v) is 2.02. The topological polar surface area (TPSA) is 57.5 Å². The predicted octanol–water partition coefficient (Wildman–Crippen LogP) is 2.22. The number of phenolic OH excluding ortho intramolecular Hbond substituents is 1. The number of aromatic hydroxyl groups is 1. The second-order valence-corrected chi connectivity index (χ2v) is 3.13. The van der Waals surface area contributed by atoms with Crippen LogP contribution in [0.25, 0.3) is 0 Å². The molecule has 15 heavy (non-hydrogen) atoms.